The molecule has 0 aromatic carbocycles. The molecule has 0 amide bonds. The summed E-state index contributed by atoms with van der Waals surface area (Å²) >= 11 is 1.13. The van der Waals surface area contributed by atoms with Gasteiger partial charge in [-0.05, 0) is 24.0 Å². The number of Topliss-reactive ketones (excluding diaryl/α,β-unsaturated/α-hetero) is 1. The molecule has 5 nitrogen and oxygen atoms in total. The van der Waals surface area contributed by atoms with Gasteiger partial charge in [-0.25, -0.2) is 0 Å². The molecule has 0 radical (unpaired) electrons. The van der Waals surface area contributed by atoms with Crippen LogP contribution in [-0.4, -0.2) is 25.2 Å². The highest BCUT2D eigenvalue weighted by Crippen LogP contribution is 2.10. The molecule has 16 heavy (non-hydrogen) atoms. The fraction of sp³-hybridized carbons (Fsp3) is 0.400. The Labute approximate surface area is 97.3 Å². The Balaban J connectivity index is 2.15. The Kier molecular flexibility index (Phi) is 3.09. The molecule has 6 heteroatoms. The molecule has 2 aromatic heterocycles. The SMILES string of the molecule is CCc1cc(CC(=O)c2cnns2)n(C)n1. The number of hydrogen-bond donors (Lipinski definition) is 0. The lowest BCUT2D eigenvalue weighted by atomic mass is 10.2. The number of aromatic nitrogens is 4. The van der Waals surface area contributed by atoms with Gasteiger partial charge in [0.15, 0.2) is 5.78 Å². The first-order chi connectivity index (χ1) is 7.70. The van der Waals surface area contributed by atoms with Crippen LogP contribution in [0.15, 0.2) is 12.3 Å². The van der Waals surface area contributed by atoms with Gasteiger partial charge in [0.05, 0.1) is 18.3 Å². The minimum absolute atomic E-state index is 0.0423. The van der Waals surface area contributed by atoms with Gasteiger partial charge in [0.1, 0.15) is 4.88 Å². The van der Waals surface area contributed by atoms with Gasteiger partial charge in [0.25, 0.3) is 0 Å². The summed E-state index contributed by atoms with van der Waals surface area (Å²) in [7, 11) is 1.85. The van der Waals surface area contributed by atoms with Gasteiger partial charge in [-0.1, -0.05) is 11.4 Å². The summed E-state index contributed by atoms with van der Waals surface area (Å²) in [6.07, 6.45) is 2.74. The highest BCUT2D eigenvalue weighted by Gasteiger charge is 2.13. The first-order valence-corrected chi connectivity index (χ1v) is 5.80. The molecule has 0 atom stereocenters. The fourth-order valence-corrected chi connectivity index (χ4v) is 1.90. The average molecular weight is 236 g/mol. The second kappa shape index (κ2) is 4.52. The molecule has 0 N–H and O–H groups in total. The van der Waals surface area contributed by atoms with E-state index in [0.29, 0.717) is 11.3 Å². The summed E-state index contributed by atoms with van der Waals surface area (Å²) < 4.78 is 5.43. The van der Waals surface area contributed by atoms with Gasteiger partial charge in [-0.15, -0.1) is 5.10 Å². The first-order valence-electron chi connectivity index (χ1n) is 5.03. The van der Waals surface area contributed by atoms with E-state index in [-0.39, 0.29) is 5.78 Å². The van der Waals surface area contributed by atoms with Gasteiger partial charge in [-0.3, -0.25) is 9.48 Å². The van der Waals surface area contributed by atoms with Crippen molar-refractivity contribution >= 4 is 17.3 Å². The predicted octanol–water partition coefficient (Wildman–Crippen LogP) is 1.26. The van der Waals surface area contributed by atoms with Crippen molar-refractivity contribution in [3.05, 3.63) is 28.5 Å². The second-order valence-electron chi connectivity index (χ2n) is 3.49. The lowest BCUT2D eigenvalue weighted by Crippen LogP contribution is -2.06. The van der Waals surface area contributed by atoms with Gasteiger partial charge in [0.2, 0.25) is 0 Å². The van der Waals surface area contributed by atoms with Crippen LogP contribution in [0.3, 0.4) is 0 Å². The van der Waals surface area contributed by atoms with E-state index in [1.54, 1.807) is 4.68 Å². The van der Waals surface area contributed by atoms with Crippen LogP contribution in [0.2, 0.25) is 0 Å². The van der Waals surface area contributed by atoms with E-state index in [0.717, 1.165) is 29.3 Å². The number of rotatable bonds is 4. The minimum atomic E-state index is 0.0423. The molecule has 2 heterocycles. The van der Waals surface area contributed by atoms with Crippen LogP contribution >= 0.6 is 11.5 Å². The zero-order valence-corrected chi connectivity index (χ0v) is 9.99. The summed E-state index contributed by atoms with van der Waals surface area (Å²) in [6, 6.07) is 1.96. The molecule has 0 saturated carbocycles. The summed E-state index contributed by atoms with van der Waals surface area (Å²) in [5.41, 5.74) is 1.93. The van der Waals surface area contributed by atoms with Crippen LogP contribution in [0.25, 0.3) is 0 Å². The van der Waals surface area contributed by atoms with Crippen molar-refractivity contribution in [3.63, 3.8) is 0 Å². The Bertz CT molecular complexity index is 489. The fourth-order valence-electron chi connectivity index (χ4n) is 1.45. The van der Waals surface area contributed by atoms with Gasteiger partial charge in [0, 0.05) is 12.7 Å². The smallest absolute Gasteiger partial charge is 0.181 e. The van der Waals surface area contributed by atoms with Crippen molar-refractivity contribution in [2.24, 2.45) is 7.05 Å². The average Bonchev–Trinajstić information content (AvgIpc) is 2.88. The topological polar surface area (TPSA) is 60.7 Å². The maximum atomic E-state index is 11.8. The van der Waals surface area contributed by atoms with E-state index in [4.69, 9.17) is 0 Å². The van der Waals surface area contributed by atoms with Crippen LogP contribution in [0.4, 0.5) is 0 Å². The predicted molar refractivity (Wildman–Crippen MR) is 60.5 cm³/mol. The summed E-state index contributed by atoms with van der Waals surface area (Å²) in [6.45, 7) is 2.04. The number of hydrogen-bond acceptors (Lipinski definition) is 5. The van der Waals surface area contributed by atoms with Crippen LogP contribution in [0.1, 0.15) is 28.0 Å². The van der Waals surface area contributed by atoms with Gasteiger partial charge in [-0.2, -0.15) is 5.10 Å². The maximum Gasteiger partial charge on any atom is 0.181 e. The third kappa shape index (κ3) is 2.16. The molecule has 0 bridgehead atoms. The molecule has 0 aliphatic rings. The summed E-state index contributed by atoms with van der Waals surface area (Å²) in [5, 5.41) is 7.95. The van der Waals surface area contributed by atoms with Crippen molar-refractivity contribution in [3.8, 4) is 0 Å². The third-order valence-corrected chi connectivity index (χ3v) is 3.07. The Hall–Kier alpha value is -1.56. The number of ketones is 1. The van der Waals surface area contributed by atoms with Crippen LogP contribution in [0.5, 0.6) is 0 Å². The number of aryl methyl sites for hydroxylation is 2. The molecule has 0 aliphatic heterocycles. The van der Waals surface area contributed by atoms with E-state index in [2.05, 4.69) is 14.7 Å². The zero-order valence-electron chi connectivity index (χ0n) is 9.17. The minimum Gasteiger partial charge on any atom is -0.293 e. The van der Waals surface area contributed by atoms with E-state index < -0.39 is 0 Å². The number of carbonyl (C=O) groups is 1. The number of carbonyl (C=O) groups excluding carboxylic acids is 1. The van der Waals surface area contributed by atoms with Crippen molar-refractivity contribution in [1.82, 2.24) is 19.4 Å². The Morgan fingerprint density at radius 1 is 1.56 bits per heavy atom. The molecule has 0 aliphatic carbocycles. The lowest BCUT2D eigenvalue weighted by molar-refractivity contribution is 0.0994. The van der Waals surface area contributed by atoms with Crippen molar-refractivity contribution in [2.45, 2.75) is 19.8 Å². The quantitative estimate of drug-likeness (QED) is 0.750. The van der Waals surface area contributed by atoms with Gasteiger partial charge >= 0.3 is 0 Å². The second-order valence-corrected chi connectivity index (χ2v) is 4.27. The van der Waals surface area contributed by atoms with Crippen LogP contribution < -0.4 is 0 Å². The Morgan fingerprint density at radius 2 is 2.38 bits per heavy atom. The van der Waals surface area contributed by atoms with E-state index in [1.165, 1.54) is 6.20 Å². The largest absolute Gasteiger partial charge is 0.293 e. The van der Waals surface area contributed by atoms with Crippen LogP contribution in [-0.2, 0) is 19.9 Å². The van der Waals surface area contributed by atoms with E-state index in [1.807, 2.05) is 20.0 Å². The molecule has 84 valence electrons. The van der Waals surface area contributed by atoms with Gasteiger partial charge < -0.3 is 0 Å². The van der Waals surface area contributed by atoms with Crippen molar-refractivity contribution < 1.29 is 4.79 Å². The monoisotopic (exact) mass is 236 g/mol. The van der Waals surface area contributed by atoms with E-state index in [9.17, 15) is 4.79 Å². The lowest BCUT2D eigenvalue weighted by Gasteiger charge is -1.98. The molecule has 2 aromatic rings. The molecule has 0 saturated heterocycles. The molecule has 2 rings (SSSR count). The summed E-state index contributed by atoms with van der Waals surface area (Å²) in [5.74, 6) is 0.0423. The Morgan fingerprint density at radius 3 is 2.94 bits per heavy atom. The standard InChI is InChI=1S/C10H12N4OS/c1-3-7-4-8(14(2)12-7)5-9(15)10-6-11-13-16-10/h4,6H,3,5H2,1-2H3. The summed E-state index contributed by atoms with van der Waals surface area (Å²) in [4.78, 5) is 12.4. The van der Waals surface area contributed by atoms with Crippen molar-refractivity contribution in [1.29, 1.82) is 0 Å². The maximum absolute atomic E-state index is 11.8. The zero-order chi connectivity index (χ0) is 11.5. The van der Waals surface area contributed by atoms with E-state index >= 15 is 0 Å². The molecule has 0 spiro atoms. The molecular weight excluding hydrogens is 224 g/mol. The third-order valence-electron chi connectivity index (χ3n) is 2.37. The van der Waals surface area contributed by atoms with Crippen molar-refractivity contribution in [2.75, 3.05) is 0 Å². The van der Waals surface area contributed by atoms with Crippen LogP contribution in [0, 0.1) is 0 Å². The first kappa shape index (κ1) is 10.9. The number of nitrogens with zero attached hydrogens (tertiary/aromatic N) is 4. The molecule has 0 unspecified atom stereocenters. The highest BCUT2D eigenvalue weighted by atomic mass is 32.1. The molecular formula is C10H12N4OS. The highest BCUT2D eigenvalue weighted by molar-refractivity contribution is 7.07. The normalized spacial score (nSPS) is 10.6. The molecule has 0 fully saturated rings.